The zero-order valence-electron chi connectivity index (χ0n) is 8.77. The molecule has 0 bridgehead atoms. The topological polar surface area (TPSA) is 12.9 Å². The van der Waals surface area contributed by atoms with Crippen molar-refractivity contribution < 1.29 is 4.39 Å². The molecule has 0 amide bonds. The van der Waals surface area contributed by atoms with Crippen LogP contribution in [0.3, 0.4) is 0 Å². The molecular formula is C12H7Cl3FN. The molecule has 0 radical (unpaired) electrons. The van der Waals surface area contributed by atoms with Crippen LogP contribution in [-0.4, -0.2) is 4.98 Å². The quantitative estimate of drug-likeness (QED) is 0.661. The van der Waals surface area contributed by atoms with Crippen molar-refractivity contribution in [2.24, 2.45) is 0 Å². The van der Waals surface area contributed by atoms with Crippen molar-refractivity contribution >= 4 is 34.8 Å². The predicted octanol–water partition coefficient (Wildman–Crippen LogP) is 5.16. The van der Waals surface area contributed by atoms with Crippen LogP contribution in [0.25, 0.3) is 11.3 Å². The van der Waals surface area contributed by atoms with Gasteiger partial charge in [0.2, 0.25) is 0 Å². The van der Waals surface area contributed by atoms with E-state index >= 15 is 0 Å². The highest BCUT2D eigenvalue weighted by molar-refractivity contribution is 6.42. The van der Waals surface area contributed by atoms with Crippen LogP contribution in [0.2, 0.25) is 15.2 Å². The van der Waals surface area contributed by atoms with Crippen molar-refractivity contribution in [1.82, 2.24) is 4.98 Å². The van der Waals surface area contributed by atoms with Gasteiger partial charge in [0.25, 0.3) is 0 Å². The largest absolute Gasteiger partial charge is 0.233 e. The van der Waals surface area contributed by atoms with Gasteiger partial charge >= 0.3 is 0 Å². The Morgan fingerprint density at radius 3 is 2.41 bits per heavy atom. The van der Waals surface area contributed by atoms with E-state index in [1.54, 1.807) is 19.1 Å². The third kappa shape index (κ3) is 2.54. The van der Waals surface area contributed by atoms with E-state index < -0.39 is 0 Å². The number of rotatable bonds is 1. The molecule has 0 aliphatic rings. The van der Waals surface area contributed by atoms with Crippen LogP contribution in [-0.2, 0) is 0 Å². The van der Waals surface area contributed by atoms with Crippen molar-refractivity contribution in [1.29, 1.82) is 0 Å². The fraction of sp³-hybridized carbons (Fsp3) is 0.0833. The van der Waals surface area contributed by atoms with Crippen molar-refractivity contribution in [3.63, 3.8) is 0 Å². The summed E-state index contributed by atoms with van der Waals surface area (Å²) in [6.45, 7) is 1.67. The van der Waals surface area contributed by atoms with Gasteiger partial charge in [0.15, 0.2) is 0 Å². The molecule has 0 aliphatic carbocycles. The SMILES string of the molecule is Cc1cc(-c2nc(Cl)c(Cl)cc2Cl)ccc1F. The molecular weight excluding hydrogens is 283 g/mol. The van der Waals surface area contributed by atoms with Gasteiger partial charge in [-0.05, 0) is 36.8 Å². The molecule has 2 aromatic rings. The summed E-state index contributed by atoms with van der Waals surface area (Å²) in [5.74, 6) is -0.273. The third-order valence-corrected chi connectivity index (χ3v) is 3.28. The molecule has 1 aromatic carbocycles. The van der Waals surface area contributed by atoms with Gasteiger partial charge in [0.1, 0.15) is 11.0 Å². The second-order valence-electron chi connectivity index (χ2n) is 3.56. The molecule has 2 rings (SSSR count). The van der Waals surface area contributed by atoms with Crippen LogP contribution in [0.5, 0.6) is 0 Å². The van der Waals surface area contributed by atoms with Gasteiger partial charge in [-0.2, -0.15) is 0 Å². The molecule has 1 aromatic heterocycles. The highest BCUT2D eigenvalue weighted by Crippen LogP contribution is 2.32. The Hall–Kier alpha value is -0.830. The van der Waals surface area contributed by atoms with Crippen molar-refractivity contribution in [2.75, 3.05) is 0 Å². The van der Waals surface area contributed by atoms with E-state index in [1.807, 2.05) is 0 Å². The van der Waals surface area contributed by atoms with E-state index in [2.05, 4.69) is 4.98 Å². The number of hydrogen-bond donors (Lipinski definition) is 0. The Labute approximate surface area is 113 Å². The summed E-state index contributed by atoms with van der Waals surface area (Å²) < 4.78 is 13.2. The molecule has 0 aliphatic heterocycles. The van der Waals surface area contributed by atoms with Crippen LogP contribution in [0, 0.1) is 12.7 Å². The number of aromatic nitrogens is 1. The number of halogens is 4. The fourth-order valence-electron chi connectivity index (χ4n) is 1.44. The zero-order valence-corrected chi connectivity index (χ0v) is 11.0. The molecule has 0 saturated carbocycles. The van der Waals surface area contributed by atoms with E-state index in [-0.39, 0.29) is 11.0 Å². The minimum Gasteiger partial charge on any atom is -0.233 e. The summed E-state index contributed by atoms with van der Waals surface area (Å²) in [5, 5.41) is 0.845. The Morgan fingerprint density at radius 1 is 1.06 bits per heavy atom. The zero-order chi connectivity index (χ0) is 12.6. The second-order valence-corrected chi connectivity index (χ2v) is 4.73. The van der Waals surface area contributed by atoms with E-state index in [9.17, 15) is 4.39 Å². The molecule has 0 fully saturated rings. The third-order valence-electron chi connectivity index (χ3n) is 2.32. The van der Waals surface area contributed by atoms with Crippen LogP contribution in [0.15, 0.2) is 24.3 Å². The van der Waals surface area contributed by atoms with Crippen molar-refractivity contribution in [2.45, 2.75) is 6.92 Å². The highest BCUT2D eigenvalue weighted by atomic mass is 35.5. The van der Waals surface area contributed by atoms with Crippen LogP contribution < -0.4 is 0 Å². The summed E-state index contributed by atoms with van der Waals surface area (Å²) in [7, 11) is 0. The Morgan fingerprint density at radius 2 is 1.76 bits per heavy atom. The molecule has 0 atom stereocenters. The standard InChI is InChI=1S/C12H7Cl3FN/c1-6-4-7(2-3-10(6)16)11-8(13)5-9(14)12(15)17-11/h2-5H,1H3. The lowest BCUT2D eigenvalue weighted by atomic mass is 10.1. The minimum atomic E-state index is -0.273. The first-order chi connectivity index (χ1) is 7.99. The van der Waals surface area contributed by atoms with Gasteiger partial charge in [-0.15, -0.1) is 0 Å². The summed E-state index contributed by atoms with van der Waals surface area (Å²) in [5.41, 5.74) is 1.71. The van der Waals surface area contributed by atoms with E-state index in [1.165, 1.54) is 12.1 Å². The van der Waals surface area contributed by atoms with Gasteiger partial charge < -0.3 is 0 Å². The Balaban J connectivity index is 2.60. The average Bonchev–Trinajstić information content (AvgIpc) is 2.27. The first-order valence-corrected chi connectivity index (χ1v) is 5.90. The number of pyridine rings is 1. The summed E-state index contributed by atoms with van der Waals surface area (Å²) in [4.78, 5) is 4.09. The molecule has 0 N–H and O–H groups in total. The summed E-state index contributed by atoms with van der Waals surface area (Å²) in [6, 6.07) is 6.15. The number of hydrogen-bond acceptors (Lipinski definition) is 1. The normalized spacial score (nSPS) is 10.6. The maximum atomic E-state index is 13.2. The lowest BCUT2D eigenvalue weighted by molar-refractivity contribution is 0.619. The Bertz CT molecular complexity index is 584. The number of aryl methyl sites for hydroxylation is 1. The maximum absolute atomic E-state index is 13.2. The van der Waals surface area contributed by atoms with Gasteiger partial charge in [-0.25, -0.2) is 9.37 Å². The molecule has 0 saturated heterocycles. The van der Waals surface area contributed by atoms with Crippen LogP contribution in [0.4, 0.5) is 4.39 Å². The smallest absolute Gasteiger partial charge is 0.148 e. The number of nitrogens with zero attached hydrogens (tertiary/aromatic N) is 1. The molecule has 17 heavy (non-hydrogen) atoms. The van der Waals surface area contributed by atoms with E-state index in [0.29, 0.717) is 26.9 Å². The highest BCUT2D eigenvalue weighted by Gasteiger charge is 2.11. The fourth-order valence-corrected chi connectivity index (χ4v) is 2.05. The lowest BCUT2D eigenvalue weighted by Crippen LogP contribution is -1.89. The molecule has 1 nitrogen and oxygen atoms in total. The second kappa shape index (κ2) is 4.81. The molecule has 0 unspecified atom stereocenters. The maximum Gasteiger partial charge on any atom is 0.148 e. The molecule has 1 heterocycles. The molecule has 0 spiro atoms. The van der Waals surface area contributed by atoms with Gasteiger partial charge in [0.05, 0.1) is 15.7 Å². The van der Waals surface area contributed by atoms with Gasteiger partial charge in [-0.3, -0.25) is 0 Å². The van der Waals surface area contributed by atoms with E-state index in [0.717, 1.165) is 0 Å². The van der Waals surface area contributed by atoms with Crippen LogP contribution in [0.1, 0.15) is 5.56 Å². The van der Waals surface area contributed by atoms with E-state index in [4.69, 9.17) is 34.8 Å². The monoisotopic (exact) mass is 289 g/mol. The summed E-state index contributed by atoms with van der Waals surface area (Å²) >= 11 is 17.7. The lowest BCUT2D eigenvalue weighted by Gasteiger charge is -2.07. The first-order valence-electron chi connectivity index (χ1n) is 4.77. The number of benzene rings is 1. The molecule has 5 heteroatoms. The first kappa shape index (κ1) is 12.6. The van der Waals surface area contributed by atoms with Crippen molar-refractivity contribution in [3.8, 4) is 11.3 Å². The molecule has 88 valence electrons. The Kier molecular flexibility index (Phi) is 3.57. The van der Waals surface area contributed by atoms with Gasteiger partial charge in [-0.1, -0.05) is 34.8 Å². The average molecular weight is 291 g/mol. The van der Waals surface area contributed by atoms with Crippen molar-refractivity contribution in [3.05, 3.63) is 50.8 Å². The van der Waals surface area contributed by atoms with Gasteiger partial charge in [0, 0.05) is 5.56 Å². The predicted molar refractivity (Wildman–Crippen MR) is 69.4 cm³/mol. The minimum absolute atomic E-state index is 0.174. The van der Waals surface area contributed by atoms with Crippen LogP contribution >= 0.6 is 34.8 Å². The summed E-state index contributed by atoms with van der Waals surface area (Å²) in [6.07, 6.45) is 0.